The molecule has 18 heavy (non-hydrogen) atoms. The first-order chi connectivity index (χ1) is 8.69. The standard InChI is InChI=1S/C13H25NO4/c1-13(5-3-6-14-11-13)12(15)18-8-4-7-17-10-9-16-2/h14H,3-11H2,1-2H3. The third kappa shape index (κ3) is 5.33. The van der Waals surface area contributed by atoms with E-state index in [1.807, 2.05) is 6.92 Å². The average molecular weight is 259 g/mol. The van der Waals surface area contributed by atoms with Crippen LogP contribution in [0, 0.1) is 5.41 Å². The maximum Gasteiger partial charge on any atom is 0.313 e. The van der Waals surface area contributed by atoms with E-state index in [2.05, 4.69) is 5.32 Å². The lowest BCUT2D eigenvalue weighted by atomic mass is 9.83. The lowest BCUT2D eigenvalue weighted by molar-refractivity contribution is -0.156. The maximum absolute atomic E-state index is 11.9. The molecule has 1 atom stereocenters. The monoisotopic (exact) mass is 259 g/mol. The van der Waals surface area contributed by atoms with Crippen molar-refractivity contribution in [3.8, 4) is 0 Å². The maximum atomic E-state index is 11.9. The zero-order chi connectivity index (χ0) is 13.3. The van der Waals surface area contributed by atoms with E-state index in [0.29, 0.717) is 26.4 Å². The molecule has 0 aromatic rings. The average Bonchev–Trinajstić information content (AvgIpc) is 2.38. The van der Waals surface area contributed by atoms with Crippen molar-refractivity contribution in [1.29, 1.82) is 0 Å². The molecule has 0 bridgehead atoms. The molecule has 1 aliphatic rings. The molecule has 106 valence electrons. The predicted molar refractivity (Wildman–Crippen MR) is 68.5 cm³/mol. The van der Waals surface area contributed by atoms with E-state index < -0.39 is 0 Å². The van der Waals surface area contributed by atoms with Crippen molar-refractivity contribution in [3.63, 3.8) is 0 Å². The molecule has 1 N–H and O–H groups in total. The van der Waals surface area contributed by atoms with Gasteiger partial charge >= 0.3 is 5.97 Å². The molecule has 5 heteroatoms. The van der Waals surface area contributed by atoms with Gasteiger partial charge in [0, 0.05) is 26.7 Å². The number of rotatable bonds is 8. The van der Waals surface area contributed by atoms with Crippen molar-refractivity contribution in [2.24, 2.45) is 5.41 Å². The molecular formula is C13H25NO4. The minimum Gasteiger partial charge on any atom is -0.465 e. The third-order valence-corrected chi connectivity index (χ3v) is 3.19. The molecule has 0 radical (unpaired) electrons. The van der Waals surface area contributed by atoms with Crippen molar-refractivity contribution in [1.82, 2.24) is 5.32 Å². The van der Waals surface area contributed by atoms with Gasteiger partial charge in [-0.2, -0.15) is 0 Å². The summed E-state index contributed by atoms with van der Waals surface area (Å²) < 4.78 is 15.5. The van der Waals surface area contributed by atoms with Gasteiger partial charge in [-0.1, -0.05) is 0 Å². The van der Waals surface area contributed by atoms with E-state index in [-0.39, 0.29) is 11.4 Å². The van der Waals surface area contributed by atoms with Crippen molar-refractivity contribution >= 4 is 5.97 Å². The topological polar surface area (TPSA) is 56.8 Å². The van der Waals surface area contributed by atoms with Gasteiger partial charge in [-0.25, -0.2) is 0 Å². The summed E-state index contributed by atoms with van der Waals surface area (Å²) in [5, 5.41) is 3.24. The highest BCUT2D eigenvalue weighted by Gasteiger charge is 2.35. The summed E-state index contributed by atoms with van der Waals surface area (Å²) in [6.07, 6.45) is 2.67. The number of nitrogens with one attached hydrogen (secondary N) is 1. The first-order valence-electron chi connectivity index (χ1n) is 6.64. The lowest BCUT2D eigenvalue weighted by Gasteiger charge is -2.31. The number of piperidine rings is 1. The Hall–Kier alpha value is -0.650. The van der Waals surface area contributed by atoms with Crippen LogP contribution in [0.3, 0.4) is 0 Å². The number of hydrogen-bond donors (Lipinski definition) is 1. The molecule has 0 aromatic heterocycles. The fourth-order valence-electron chi connectivity index (χ4n) is 1.97. The molecule has 1 rings (SSSR count). The zero-order valence-electron chi connectivity index (χ0n) is 11.5. The second kappa shape index (κ2) is 8.45. The third-order valence-electron chi connectivity index (χ3n) is 3.19. The van der Waals surface area contributed by atoms with Crippen LogP contribution < -0.4 is 5.32 Å². The molecule has 1 unspecified atom stereocenters. The Balaban J connectivity index is 2.05. The summed E-state index contributed by atoms with van der Waals surface area (Å²) >= 11 is 0. The van der Waals surface area contributed by atoms with Crippen LogP contribution in [0.4, 0.5) is 0 Å². The van der Waals surface area contributed by atoms with Crippen LogP contribution in [-0.2, 0) is 19.0 Å². The number of esters is 1. The summed E-state index contributed by atoms with van der Waals surface area (Å²) in [6.45, 7) is 5.91. The van der Waals surface area contributed by atoms with Gasteiger partial charge in [0.15, 0.2) is 0 Å². The number of ether oxygens (including phenoxy) is 3. The number of hydrogen-bond acceptors (Lipinski definition) is 5. The van der Waals surface area contributed by atoms with Crippen LogP contribution in [-0.4, -0.2) is 52.6 Å². The van der Waals surface area contributed by atoms with E-state index in [0.717, 1.165) is 32.4 Å². The Kier molecular flexibility index (Phi) is 7.23. The Morgan fingerprint density at radius 2 is 2.11 bits per heavy atom. The van der Waals surface area contributed by atoms with Crippen LogP contribution in [0.2, 0.25) is 0 Å². The van der Waals surface area contributed by atoms with Crippen LogP contribution >= 0.6 is 0 Å². The summed E-state index contributed by atoms with van der Waals surface area (Å²) in [5.74, 6) is -0.0911. The summed E-state index contributed by atoms with van der Waals surface area (Å²) in [5.41, 5.74) is -0.352. The fourth-order valence-corrected chi connectivity index (χ4v) is 1.97. The quantitative estimate of drug-likeness (QED) is 0.520. The van der Waals surface area contributed by atoms with Crippen LogP contribution in [0.5, 0.6) is 0 Å². The molecule has 1 saturated heterocycles. The molecule has 1 aliphatic heterocycles. The van der Waals surface area contributed by atoms with Crippen LogP contribution in [0.25, 0.3) is 0 Å². The highest BCUT2D eigenvalue weighted by atomic mass is 16.5. The molecule has 0 spiro atoms. The molecule has 1 heterocycles. The Morgan fingerprint density at radius 3 is 2.78 bits per heavy atom. The summed E-state index contributed by atoms with van der Waals surface area (Å²) in [6, 6.07) is 0. The minimum absolute atomic E-state index is 0.0911. The van der Waals surface area contributed by atoms with Gasteiger partial charge in [0.05, 0.1) is 25.2 Å². The normalized spacial score (nSPS) is 23.9. The SMILES string of the molecule is COCCOCCCOC(=O)C1(C)CCCNC1. The van der Waals surface area contributed by atoms with Crippen molar-refractivity contribution < 1.29 is 19.0 Å². The highest BCUT2D eigenvalue weighted by molar-refractivity contribution is 5.76. The first-order valence-corrected chi connectivity index (χ1v) is 6.64. The zero-order valence-corrected chi connectivity index (χ0v) is 11.5. The van der Waals surface area contributed by atoms with E-state index in [1.54, 1.807) is 7.11 Å². The second-order valence-electron chi connectivity index (χ2n) is 4.94. The van der Waals surface area contributed by atoms with Crippen molar-refractivity contribution in [3.05, 3.63) is 0 Å². The highest BCUT2D eigenvalue weighted by Crippen LogP contribution is 2.26. The predicted octanol–water partition coefficient (Wildman–Crippen LogP) is 0.972. The largest absolute Gasteiger partial charge is 0.465 e. The van der Waals surface area contributed by atoms with Gasteiger partial charge in [-0.15, -0.1) is 0 Å². The van der Waals surface area contributed by atoms with Gasteiger partial charge in [-0.3, -0.25) is 4.79 Å². The van der Waals surface area contributed by atoms with Crippen LogP contribution in [0.1, 0.15) is 26.2 Å². The molecule has 0 aliphatic carbocycles. The minimum atomic E-state index is -0.352. The molecule has 5 nitrogen and oxygen atoms in total. The van der Waals surface area contributed by atoms with E-state index >= 15 is 0 Å². The number of methoxy groups -OCH3 is 1. The molecule has 0 amide bonds. The van der Waals surface area contributed by atoms with Gasteiger partial charge < -0.3 is 19.5 Å². The molecular weight excluding hydrogens is 234 g/mol. The summed E-state index contributed by atoms with van der Waals surface area (Å²) in [4.78, 5) is 11.9. The van der Waals surface area contributed by atoms with Gasteiger partial charge in [0.2, 0.25) is 0 Å². The van der Waals surface area contributed by atoms with Crippen molar-refractivity contribution in [2.75, 3.05) is 46.6 Å². The molecule has 0 saturated carbocycles. The lowest BCUT2D eigenvalue weighted by Crippen LogP contribution is -2.44. The van der Waals surface area contributed by atoms with E-state index in [4.69, 9.17) is 14.2 Å². The summed E-state index contributed by atoms with van der Waals surface area (Å²) in [7, 11) is 1.64. The number of carbonyl (C=O) groups excluding carboxylic acids is 1. The molecule has 0 aromatic carbocycles. The first kappa shape index (κ1) is 15.4. The Labute approximate surface area is 109 Å². The molecule has 1 fully saturated rings. The fraction of sp³-hybridized carbons (Fsp3) is 0.923. The van der Waals surface area contributed by atoms with Gasteiger partial charge in [-0.05, 0) is 26.3 Å². The van der Waals surface area contributed by atoms with Gasteiger partial charge in [0.25, 0.3) is 0 Å². The van der Waals surface area contributed by atoms with E-state index in [9.17, 15) is 4.79 Å². The second-order valence-corrected chi connectivity index (χ2v) is 4.94. The van der Waals surface area contributed by atoms with E-state index in [1.165, 1.54) is 0 Å². The number of carbonyl (C=O) groups is 1. The van der Waals surface area contributed by atoms with Gasteiger partial charge in [0.1, 0.15) is 0 Å². The van der Waals surface area contributed by atoms with Crippen molar-refractivity contribution in [2.45, 2.75) is 26.2 Å². The smallest absolute Gasteiger partial charge is 0.313 e. The Morgan fingerprint density at radius 1 is 1.28 bits per heavy atom. The Bertz CT molecular complexity index is 239. The van der Waals surface area contributed by atoms with Crippen LogP contribution in [0.15, 0.2) is 0 Å².